The highest BCUT2D eigenvalue weighted by Crippen LogP contribution is 2.28. The van der Waals surface area contributed by atoms with Crippen molar-refractivity contribution in [3.63, 3.8) is 0 Å². The summed E-state index contributed by atoms with van der Waals surface area (Å²) >= 11 is 5.01. The van der Waals surface area contributed by atoms with E-state index < -0.39 is 0 Å². The maximum atomic E-state index is 5.40. The van der Waals surface area contributed by atoms with Gasteiger partial charge in [0.15, 0.2) is 0 Å². The molecule has 106 valence electrons. The van der Waals surface area contributed by atoms with Crippen LogP contribution in [0.5, 0.6) is 5.75 Å². The Morgan fingerprint density at radius 1 is 1.30 bits per heavy atom. The second-order valence-electron chi connectivity index (χ2n) is 4.25. The van der Waals surface area contributed by atoms with E-state index in [2.05, 4.69) is 44.1 Å². The van der Waals surface area contributed by atoms with Crippen LogP contribution in [0.1, 0.15) is 5.56 Å². The van der Waals surface area contributed by atoms with Gasteiger partial charge in [-0.25, -0.2) is 9.97 Å². The zero-order valence-electron chi connectivity index (χ0n) is 11.6. The highest BCUT2D eigenvalue weighted by Gasteiger charge is 2.08. The van der Waals surface area contributed by atoms with Crippen molar-refractivity contribution in [2.75, 3.05) is 25.3 Å². The van der Waals surface area contributed by atoms with E-state index in [0.717, 1.165) is 27.2 Å². The third-order valence-corrected chi connectivity index (χ3v) is 4.00. The second kappa shape index (κ2) is 6.95. The summed E-state index contributed by atoms with van der Waals surface area (Å²) < 4.78 is 6.28. The molecular formula is C14H16BrN3OS. The van der Waals surface area contributed by atoms with Crippen LogP contribution in [0.2, 0.25) is 0 Å². The maximum Gasteiger partial charge on any atom is 0.225 e. The third kappa shape index (κ3) is 3.64. The Morgan fingerprint density at radius 3 is 2.60 bits per heavy atom. The van der Waals surface area contributed by atoms with Crippen LogP contribution < -0.4 is 9.64 Å². The standard InChI is InChI=1S/C14H16BrN3OS/c1-18(14-16-7-11(15)8-17-14)9-10-4-5-13(20-3)12(6-10)19-2/h4-8H,9H2,1-3H3. The Balaban J connectivity index is 2.15. The van der Waals surface area contributed by atoms with Crippen LogP contribution in [0, 0.1) is 0 Å². The van der Waals surface area contributed by atoms with Crippen molar-refractivity contribution in [2.24, 2.45) is 0 Å². The zero-order chi connectivity index (χ0) is 14.5. The largest absolute Gasteiger partial charge is 0.496 e. The predicted octanol–water partition coefficient (Wildman–Crippen LogP) is 3.61. The summed E-state index contributed by atoms with van der Waals surface area (Å²) in [5.41, 5.74) is 1.16. The summed E-state index contributed by atoms with van der Waals surface area (Å²) in [6.45, 7) is 0.729. The van der Waals surface area contributed by atoms with E-state index in [9.17, 15) is 0 Å². The molecule has 0 radical (unpaired) electrons. The van der Waals surface area contributed by atoms with Gasteiger partial charge in [0.05, 0.1) is 11.6 Å². The SMILES string of the molecule is COc1cc(CN(C)c2ncc(Br)cn2)ccc1SC. The average molecular weight is 354 g/mol. The van der Waals surface area contributed by atoms with Crippen molar-refractivity contribution < 1.29 is 4.74 Å². The molecule has 0 aliphatic rings. The van der Waals surface area contributed by atoms with E-state index in [-0.39, 0.29) is 0 Å². The normalized spacial score (nSPS) is 10.4. The van der Waals surface area contributed by atoms with Crippen molar-refractivity contribution in [1.82, 2.24) is 9.97 Å². The maximum absolute atomic E-state index is 5.40. The molecule has 1 aromatic carbocycles. The lowest BCUT2D eigenvalue weighted by Crippen LogP contribution is -2.18. The summed E-state index contributed by atoms with van der Waals surface area (Å²) in [5, 5.41) is 0. The van der Waals surface area contributed by atoms with Gasteiger partial charge in [-0.3, -0.25) is 0 Å². The molecule has 20 heavy (non-hydrogen) atoms. The highest BCUT2D eigenvalue weighted by atomic mass is 79.9. The number of methoxy groups -OCH3 is 1. The van der Waals surface area contributed by atoms with Crippen LogP contribution in [0.3, 0.4) is 0 Å². The van der Waals surface area contributed by atoms with Gasteiger partial charge in [-0.2, -0.15) is 0 Å². The van der Waals surface area contributed by atoms with Crippen molar-refractivity contribution in [3.8, 4) is 5.75 Å². The van der Waals surface area contributed by atoms with Crippen LogP contribution in [0.25, 0.3) is 0 Å². The van der Waals surface area contributed by atoms with Gasteiger partial charge in [0.25, 0.3) is 0 Å². The monoisotopic (exact) mass is 353 g/mol. The van der Waals surface area contributed by atoms with E-state index in [0.29, 0.717) is 5.95 Å². The second-order valence-corrected chi connectivity index (χ2v) is 6.01. The lowest BCUT2D eigenvalue weighted by atomic mass is 10.2. The number of halogens is 1. The first-order chi connectivity index (χ1) is 9.63. The first-order valence-corrected chi connectivity index (χ1v) is 8.05. The zero-order valence-corrected chi connectivity index (χ0v) is 14.0. The van der Waals surface area contributed by atoms with Gasteiger partial charge in [-0.15, -0.1) is 11.8 Å². The smallest absolute Gasteiger partial charge is 0.225 e. The number of aromatic nitrogens is 2. The number of benzene rings is 1. The fourth-order valence-corrected chi connectivity index (χ4v) is 2.58. The highest BCUT2D eigenvalue weighted by molar-refractivity contribution is 9.10. The number of anilines is 1. The minimum atomic E-state index is 0.695. The number of hydrogen-bond donors (Lipinski definition) is 0. The fraction of sp³-hybridized carbons (Fsp3) is 0.286. The Kier molecular flexibility index (Phi) is 5.25. The molecule has 0 N–H and O–H groups in total. The molecule has 1 aromatic heterocycles. The number of nitrogens with zero attached hydrogens (tertiary/aromatic N) is 3. The van der Waals surface area contributed by atoms with Gasteiger partial charge >= 0.3 is 0 Å². The molecule has 0 saturated carbocycles. The average Bonchev–Trinajstić information content (AvgIpc) is 2.47. The van der Waals surface area contributed by atoms with E-state index in [1.165, 1.54) is 0 Å². The Labute approximate surface area is 131 Å². The van der Waals surface area contributed by atoms with Crippen molar-refractivity contribution in [3.05, 3.63) is 40.6 Å². The first kappa shape index (κ1) is 15.1. The molecule has 0 unspecified atom stereocenters. The molecule has 2 rings (SSSR count). The summed E-state index contributed by atoms with van der Waals surface area (Å²) in [7, 11) is 3.67. The lowest BCUT2D eigenvalue weighted by molar-refractivity contribution is 0.404. The van der Waals surface area contributed by atoms with Gasteiger partial charge in [-0.05, 0) is 39.9 Å². The van der Waals surface area contributed by atoms with E-state index >= 15 is 0 Å². The van der Waals surface area contributed by atoms with Crippen molar-refractivity contribution in [2.45, 2.75) is 11.4 Å². The van der Waals surface area contributed by atoms with Crippen LogP contribution in [-0.2, 0) is 6.54 Å². The summed E-state index contributed by atoms with van der Waals surface area (Å²) in [6.07, 6.45) is 5.53. The summed E-state index contributed by atoms with van der Waals surface area (Å²) in [5.74, 6) is 1.60. The molecular weight excluding hydrogens is 338 g/mol. The molecule has 1 heterocycles. The molecule has 0 aliphatic heterocycles. The topological polar surface area (TPSA) is 38.2 Å². The molecule has 0 amide bonds. The molecule has 0 atom stereocenters. The van der Waals surface area contributed by atoms with Gasteiger partial charge < -0.3 is 9.64 Å². The Bertz CT molecular complexity index is 577. The van der Waals surface area contributed by atoms with Crippen LogP contribution in [-0.4, -0.2) is 30.4 Å². The Hall–Kier alpha value is -1.27. The molecule has 2 aromatic rings. The summed E-state index contributed by atoms with van der Waals surface area (Å²) in [4.78, 5) is 11.7. The van der Waals surface area contributed by atoms with Crippen molar-refractivity contribution >= 4 is 33.6 Å². The molecule has 0 fully saturated rings. The summed E-state index contributed by atoms with van der Waals surface area (Å²) in [6, 6.07) is 6.24. The van der Waals surface area contributed by atoms with Gasteiger partial charge in [0, 0.05) is 30.9 Å². The predicted molar refractivity (Wildman–Crippen MR) is 86.6 cm³/mol. The van der Waals surface area contributed by atoms with E-state index in [1.54, 1.807) is 31.3 Å². The quantitative estimate of drug-likeness (QED) is 0.767. The van der Waals surface area contributed by atoms with Crippen LogP contribution >= 0.6 is 27.7 Å². The van der Waals surface area contributed by atoms with Gasteiger partial charge in [-0.1, -0.05) is 6.07 Å². The van der Waals surface area contributed by atoms with Gasteiger partial charge in [0.1, 0.15) is 5.75 Å². The molecule has 6 heteroatoms. The van der Waals surface area contributed by atoms with Crippen LogP contribution in [0.4, 0.5) is 5.95 Å². The number of hydrogen-bond acceptors (Lipinski definition) is 5. The number of thioether (sulfide) groups is 1. The number of rotatable bonds is 5. The molecule has 0 spiro atoms. The van der Waals surface area contributed by atoms with Crippen molar-refractivity contribution in [1.29, 1.82) is 0 Å². The molecule has 0 aliphatic carbocycles. The molecule has 0 saturated heterocycles. The minimum Gasteiger partial charge on any atom is -0.496 e. The molecule has 4 nitrogen and oxygen atoms in total. The minimum absolute atomic E-state index is 0.695. The lowest BCUT2D eigenvalue weighted by Gasteiger charge is -2.17. The number of ether oxygens (including phenoxy) is 1. The van der Waals surface area contributed by atoms with Crippen LogP contribution in [0.15, 0.2) is 40.0 Å². The van der Waals surface area contributed by atoms with Gasteiger partial charge in [0.2, 0.25) is 5.95 Å². The van der Waals surface area contributed by atoms with E-state index in [4.69, 9.17) is 4.74 Å². The third-order valence-electron chi connectivity index (χ3n) is 2.82. The Morgan fingerprint density at radius 2 is 2.00 bits per heavy atom. The first-order valence-electron chi connectivity index (χ1n) is 6.03. The fourth-order valence-electron chi connectivity index (χ4n) is 1.83. The molecule has 0 bridgehead atoms. The van der Waals surface area contributed by atoms with E-state index in [1.807, 2.05) is 18.2 Å².